The number of aryl methyl sites for hydroxylation is 1. The first kappa shape index (κ1) is 17.0. The Hall–Kier alpha value is -2.45. The summed E-state index contributed by atoms with van der Waals surface area (Å²) in [5.74, 6) is 1.44. The minimum absolute atomic E-state index is 0.0517. The molecule has 4 rings (SSSR count). The Morgan fingerprint density at radius 1 is 1.19 bits per heavy atom. The number of benzene rings is 1. The van der Waals surface area contributed by atoms with E-state index in [1.165, 1.54) is 16.9 Å². The van der Waals surface area contributed by atoms with Gasteiger partial charge in [-0.2, -0.15) is 0 Å². The summed E-state index contributed by atoms with van der Waals surface area (Å²) in [6, 6.07) is 9.86. The average molecular weight is 384 g/mol. The fraction of sp³-hybridized carbons (Fsp3) is 0.222. The van der Waals surface area contributed by atoms with Gasteiger partial charge in [0.05, 0.1) is 5.69 Å². The molecule has 4 aromatic rings. The molecule has 3 heterocycles. The third-order valence-corrected chi connectivity index (χ3v) is 5.81. The van der Waals surface area contributed by atoms with Gasteiger partial charge in [-0.25, -0.2) is 4.98 Å². The summed E-state index contributed by atoms with van der Waals surface area (Å²) >= 11 is 3.00. The van der Waals surface area contributed by atoms with Gasteiger partial charge in [-0.3, -0.25) is 9.20 Å². The second-order valence-corrected chi connectivity index (χ2v) is 7.66. The van der Waals surface area contributed by atoms with Crippen LogP contribution in [0.2, 0.25) is 0 Å². The van der Waals surface area contributed by atoms with Crippen LogP contribution in [-0.4, -0.2) is 24.1 Å². The van der Waals surface area contributed by atoms with Crippen LogP contribution in [0.5, 0.6) is 0 Å². The van der Waals surface area contributed by atoms with Crippen molar-refractivity contribution in [1.29, 1.82) is 0 Å². The molecule has 6 nitrogen and oxygen atoms in total. The number of aromatic nitrogens is 5. The summed E-state index contributed by atoms with van der Waals surface area (Å²) in [7, 11) is 0. The molecule has 0 bridgehead atoms. The van der Waals surface area contributed by atoms with E-state index in [4.69, 9.17) is 0 Å². The van der Waals surface area contributed by atoms with Crippen molar-refractivity contribution in [3.05, 3.63) is 63.5 Å². The van der Waals surface area contributed by atoms with Crippen molar-refractivity contribution in [3.63, 3.8) is 0 Å². The monoisotopic (exact) mass is 383 g/mol. The SMILES string of the molecule is CCn1c(SCc2cc(=O)n3ccsc3n2)nnc1-c1ccc(C)cc1. The molecule has 0 atom stereocenters. The lowest BCUT2D eigenvalue weighted by atomic mass is 10.1. The standard InChI is InChI=1S/C18H17N5OS2/c1-3-22-16(13-6-4-12(2)5-7-13)20-21-18(22)26-11-14-10-15(24)23-8-9-25-17(23)19-14/h4-10H,3,11H2,1-2H3. The number of rotatable bonds is 5. The zero-order valence-corrected chi connectivity index (χ0v) is 16.0. The molecule has 0 saturated carbocycles. The summed E-state index contributed by atoms with van der Waals surface area (Å²) in [6.45, 7) is 4.92. The molecule has 0 aliphatic rings. The average Bonchev–Trinajstić information content (AvgIpc) is 3.27. The van der Waals surface area contributed by atoms with Gasteiger partial charge in [0.25, 0.3) is 5.56 Å². The number of nitrogens with zero attached hydrogens (tertiary/aromatic N) is 5. The lowest BCUT2D eigenvalue weighted by Crippen LogP contribution is -2.12. The Morgan fingerprint density at radius 2 is 2.00 bits per heavy atom. The highest BCUT2D eigenvalue weighted by Crippen LogP contribution is 2.26. The highest BCUT2D eigenvalue weighted by Gasteiger charge is 2.14. The van der Waals surface area contributed by atoms with Crippen LogP contribution < -0.4 is 5.56 Å². The molecule has 0 saturated heterocycles. The van der Waals surface area contributed by atoms with Gasteiger partial charge >= 0.3 is 0 Å². The minimum Gasteiger partial charge on any atom is -0.302 e. The molecule has 0 aliphatic carbocycles. The lowest BCUT2D eigenvalue weighted by molar-refractivity contribution is 0.687. The Balaban J connectivity index is 1.60. The minimum atomic E-state index is -0.0517. The molecule has 1 aromatic carbocycles. The van der Waals surface area contributed by atoms with Crippen molar-refractivity contribution in [2.24, 2.45) is 0 Å². The highest BCUT2D eigenvalue weighted by molar-refractivity contribution is 7.98. The molecular weight excluding hydrogens is 366 g/mol. The quantitative estimate of drug-likeness (QED) is 0.492. The number of thiazole rings is 1. The van der Waals surface area contributed by atoms with Crippen molar-refractivity contribution >= 4 is 28.1 Å². The molecule has 0 unspecified atom stereocenters. The van der Waals surface area contributed by atoms with Gasteiger partial charge in [0.15, 0.2) is 15.9 Å². The van der Waals surface area contributed by atoms with E-state index in [2.05, 4.69) is 57.9 Å². The van der Waals surface area contributed by atoms with Crippen LogP contribution in [0.4, 0.5) is 0 Å². The van der Waals surface area contributed by atoms with Gasteiger partial charge in [-0.15, -0.1) is 21.5 Å². The fourth-order valence-corrected chi connectivity index (χ4v) is 4.33. The first-order chi connectivity index (χ1) is 12.7. The van der Waals surface area contributed by atoms with Crippen LogP contribution in [0.15, 0.2) is 51.9 Å². The van der Waals surface area contributed by atoms with Gasteiger partial charge in [-0.1, -0.05) is 41.6 Å². The van der Waals surface area contributed by atoms with Crippen molar-refractivity contribution < 1.29 is 0 Å². The zero-order valence-electron chi connectivity index (χ0n) is 14.4. The second kappa shape index (κ2) is 7.05. The first-order valence-corrected chi connectivity index (χ1v) is 10.1. The maximum Gasteiger partial charge on any atom is 0.258 e. The van der Waals surface area contributed by atoms with Gasteiger partial charge in [0, 0.05) is 35.5 Å². The van der Waals surface area contributed by atoms with Crippen molar-refractivity contribution in [1.82, 2.24) is 24.1 Å². The summed E-state index contributed by atoms with van der Waals surface area (Å²) in [5.41, 5.74) is 2.97. The predicted octanol–water partition coefficient (Wildman–Crippen LogP) is 3.64. The molecule has 132 valence electrons. The van der Waals surface area contributed by atoms with E-state index in [9.17, 15) is 4.79 Å². The van der Waals surface area contributed by atoms with Gasteiger partial charge < -0.3 is 4.57 Å². The van der Waals surface area contributed by atoms with Crippen LogP contribution >= 0.6 is 23.1 Å². The molecule has 0 amide bonds. The molecular formula is C18H17N5OS2. The molecule has 26 heavy (non-hydrogen) atoms. The summed E-state index contributed by atoms with van der Waals surface area (Å²) < 4.78 is 3.65. The summed E-state index contributed by atoms with van der Waals surface area (Å²) in [4.78, 5) is 17.4. The topological polar surface area (TPSA) is 65.1 Å². The molecule has 0 radical (unpaired) electrons. The largest absolute Gasteiger partial charge is 0.302 e. The van der Waals surface area contributed by atoms with Crippen LogP contribution in [-0.2, 0) is 12.3 Å². The number of hydrogen-bond acceptors (Lipinski definition) is 6. The number of thioether (sulfide) groups is 1. The van der Waals surface area contributed by atoms with Crippen molar-refractivity contribution in [2.45, 2.75) is 31.3 Å². The van der Waals surface area contributed by atoms with Crippen LogP contribution in [0.1, 0.15) is 18.2 Å². The third-order valence-electron chi connectivity index (χ3n) is 4.05. The fourth-order valence-electron chi connectivity index (χ4n) is 2.70. The zero-order chi connectivity index (χ0) is 18.1. The van der Waals surface area contributed by atoms with E-state index in [0.717, 1.165) is 28.8 Å². The van der Waals surface area contributed by atoms with Crippen molar-refractivity contribution in [3.8, 4) is 11.4 Å². The van der Waals surface area contributed by atoms with Crippen molar-refractivity contribution in [2.75, 3.05) is 0 Å². The molecule has 8 heteroatoms. The van der Waals surface area contributed by atoms with Gasteiger partial charge in [0.1, 0.15) is 0 Å². The Morgan fingerprint density at radius 3 is 2.77 bits per heavy atom. The van der Waals surface area contributed by atoms with Crippen LogP contribution in [0.3, 0.4) is 0 Å². The van der Waals surface area contributed by atoms with E-state index in [-0.39, 0.29) is 5.56 Å². The van der Waals surface area contributed by atoms with E-state index in [1.807, 2.05) is 5.38 Å². The number of hydrogen-bond donors (Lipinski definition) is 0. The lowest BCUT2D eigenvalue weighted by Gasteiger charge is -2.07. The maximum atomic E-state index is 12.1. The smallest absolute Gasteiger partial charge is 0.258 e. The van der Waals surface area contributed by atoms with Crippen LogP contribution in [0, 0.1) is 6.92 Å². The second-order valence-electron chi connectivity index (χ2n) is 5.85. The Kier molecular flexibility index (Phi) is 4.60. The summed E-state index contributed by atoms with van der Waals surface area (Å²) in [5, 5.41) is 11.4. The summed E-state index contributed by atoms with van der Waals surface area (Å²) in [6.07, 6.45) is 1.74. The molecule has 0 N–H and O–H groups in total. The normalized spacial score (nSPS) is 11.3. The number of fused-ring (bicyclic) bond motifs is 1. The Bertz CT molecular complexity index is 1110. The molecule has 0 fully saturated rings. The first-order valence-electron chi connectivity index (χ1n) is 8.24. The predicted molar refractivity (Wildman–Crippen MR) is 105 cm³/mol. The van der Waals surface area contributed by atoms with E-state index in [1.54, 1.807) is 28.4 Å². The van der Waals surface area contributed by atoms with Crippen LogP contribution in [0.25, 0.3) is 16.3 Å². The highest BCUT2D eigenvalue weighted by atomic mass is 32.2. The van der Waals surface area contributed by atoms with E-state index in [0.29, 0.717) is 10.7 Å². The molecule has 0 aliphatic heterocycles. The Labute approximate surface area is 158 Å². The molecule has 3 aromatic heterocycles. The van der Waals surface area contributed by atoms with E-state index >= 15 is 0 Å². The maximum absolute atomic E-state index is 12.1. The van der Waals surface area contributed by atoms with Gasteiger partial charge in [-0.05, 0) is 13.8 Å². The van der Waals surface area contributed by atoms with Gasteiger partial charge in [0.2, 0.25) is 0 Å². The van der Waals surface area contributed by atoms with E-state index < -0.39 is 0 Å². The third kappa shape index (κ3) is 3.17. The molecule has 0 spiro atoms.